The lowest BCUT2D eigenvalue weighted by Crippen LogP contribution is -2.39. The van der Waals surface area contributed by atoms with Crippen molar-refractivity contribution < 1.29 is 24.2 Å². The number of nitrogens with zero attached hydrogens (tertiary/aromatic N) is 2. The van der Waals surface area contributed by atoms with E-state index in [2.05, 4.69) is 5.32 Å². The van der Waals surface area contributed by atoms with Gasteiger partial charge in [-0.25, -0.2) is 4.79 Å². The van der Waals surface area contributed by atoms with Crippen LogP contribution in [0.1, 0.15) is 6.42 Å². The third kappa shape index (κ3) is 3.76. The average Bonchev–Trinajstić information content (AvgIpc) is 2.90. The van der Waals surface area contributed by atoms with Crippen molar-refractivity contribution in [1.82, 2.24) is 4.90 Å². The number of nitriles is 1. The van der Waals surface area contributed by atoms with Crippen LogP contribution in [0.3, 0.4) is 0 Å². The molecule has 1 aromatic rings. The fourth-order valence-electron chi connectivity index (χ4n) is 1.78. The molecule has 8 heteroatoms. The van der Waals surface area contributed by atoms with Gasteiger partial charge in [0.05, 0.1) is 12.5 Å². The fourth-order valence-corrected chi connectivity index (χ4v) is 1.78. The first-order valence-corrected chi connectivity index (χ1v) is 6.14. The molecule has 0 atom stereocenters. The molecular weight excluding hydrogens is 278 g/mol. The van der Waals surface area contributed by atoms with Crippen LogP contribution in [0.25, 0.3) is 0 Å². The van der Waals surface area contributed by atoms with Gasteiger partial charge in [-0.15, -0.1) is 0 Å². The van der Waals surface area contributed by atoms with Crippen LogP contribution in [-0.4, -0.2) is 41.9 Å². The van der Waals surface area contributed by atoms with Gasteiger partial charge in [0, 0.05) is 18.3 Å². The second-order valence-corrected chi connectivity index (χ2v) is 4.22. The number of carboxylic acid groups (broad SMARTS) is 1. The number of carbonyl (C=O) groups excluding carboxylic acids is 1. The third-order valence-electron chi connectivity index (χ3n) is 2.73. The SMILES string of the molecule is N#CCCN(CC(=O)O)C(=O)Nc1ccc2c(c1)OCO2. The number of amides is 2. The molecule has 1 aliphatic heterocycles. The van der Waals surface area contributed by atoms with E-state index >= 15 is 0 Å². The van der Waals surface area contributed by atoms with Crippen molar-refractivity contribution in [2.75, 3.05) is 25.2 Å². The zero-order chi connectivity index (χ0) is 15.2. The van der Waals surface area contributed by atoms with Crippen molar-refractivity contribution in [2.24, 2.45) is 0 Å². The maximum atomic E-state index is 12.0. The Morgan fingerprint density at radius 3 is 2.86 bits per heavy atom. The molecule has 0 saturated carbocycles. The average molecular weight is 291 g/mol. The predicted molar refractivity (Wildman–Crippen MR) is 71.0 cm³/mol. The minimum atomic E-state index is -1.14. The first-order chi connectivity index (χ1) is 10.1. The highest BCUT2D eigenvalue weighted by Crippen LogP contribution is 2.34. The molecule has 8 nitrogen and oxygen atoms in total. The van der Waals surface area contributed by atoms with Gasteiger partial charge < -0.3 is 24.8 Å². The molecule has 0 unspecified atom stereocenters. The molecule has 110 valence electrons. The Hall–Kier alpha value is -2.95. The maximum Gasteiger partial charge on any atom is 0.323 e. The molecule has 0 bridgehead atoms. The van der Waals surface area contributed by atoms with Gasteiger partial charge >= 0.3 is 12.0 Å². The molecule has 0 saturated heterocycles. The summed E-state index contributed by atoms with van der Waals surface area (Å²) < 4.78 is 10.3. The Bertz CT molecular complexity index is 596. The van der Waals surface area contributed by atoms with E-state index in [4.69, 9.17) is 19.8 Å². The number of aliphatic carboxylic acids is 1. The molecule has 2 amide bonds. The van der Waals surface area contributed by atoms with Crippen LogP contribution in [0.5, 0.6) is 11.5 Å². The van der Waals surface area contributed by atoms with E-state index in [9.17, 15) is 9.59 Å². The summed E-state index contributed by atoms with van der Waals surface area (Å²) in [6, 6.07) is 6.14. The Morgan fingerprint density at radius 1 is 1.38 bits per heavy atom. The van der Waals surface area contributed by atoms with Crippen molar-refractivity contribution in [2.45, 2.75) is 6.42 Å². The molecule has 0 aromatic heterocycles. The fraction of sp³-hybridized carbons (Fsp3) is 0.308. The Labute approximate surface area is 120 Å². The first-order valence-electron chi connectivity index (χ1n) is 6.14. The summed E-state index contributed by atoms with van der Waals surface area (Å²) in [5.41, 5.74) is 0.455. The summed E-state index contributed by atoms with van der Waals surface area (Å²) >= 11 is 0. The lowest BCUT2D eigenvalue weighted by Gasteiger charge is -2.20. The van der Waals surface area contributed by atoms with E-state index in [1.165, 1.54) is 0 Å². The van der Waals surface area contributed by atoms with Gasteiger partial charge in [0.1, 0.15) is 6.54 Å². The second-order valence-electron chi connectivity index (χ2n) is 4.22. The van der Waals surface area contributed by atoms with Crippen molar-refractivity contribution in [1.29, 1.82) is 5.26 Å². The van der Waals surface area contributed by atoms with Crippen molar-refractivity contribution >= 4 is 17.7 Å². The van der Waals surface area contributed by atoms with Crippen LogP contribution in [-0.2, 0) is 4.79 Å². The molecule has 0 aliphatic carbocycles. The van der Waals surface area contributed by atoms with E-state index in [1.54, 1.807) is 18.2 Å². The number of carboxylic acids is 1. The zero-order valence-corrected chi connectivity index (χ0v) is 11.0. The Balaban J connectivity index is 2.03. The van der Waals surface area contributed by atoms with E-state index < -0.39 is 18.5 Å². The minimum absolute atomic E-state index is 0.0409. The summed E-state index contributed by atoms with van der Waals surface area (Å²) in [5.74, 6) is -0.0525. The number of hydrogen-bond acceptors (Lipinski definition) is 5. The minimum Gasteiger partial charge on any atom is -0.480 e. The number of nitrogens with one attached hydrogen (secondary N) is 1. The molecule has 2 N–H and O–H groups in total. The van der Waals surface area contributed by atoms with Crippen molar-refractivity contribution in [3.8, 4) is 17.6 Å². The number of fused-ring (bicyclic) bond motifs is 1. The molecule has 1 aromatic carbocycles. The molecule has 0 fully saturated rings. The number of anilines is 1. The highest BCUT2D eigenvalue weighted by atomic mass is 16.7. The van der Waals surface area contributed by atoms with E-state index in [0.717, 1.165) is 4.90 Å². The van der Waals surface area contributed by atoms with Crippen molar-refractivity contribution in [3.63, 3.8) is 0 Å². The number of rotatable bonds is 5. The molecule has 2 rings (SSSR count). The predicted octanol–water partition coefficient (Wildman–Crippen LogP) is 1.25. The highest BCUT2D eigenvalue weighted by molar-refractivity contribution is 5.91. The van der Waals surface area contributed by atoms with Crippen LogP contribution in [0.4, 0.5) is 10.5 Å². The number of carbonyl (C=O) groups is 2. The molecule has 0 spiro atoms. The summed E-state index contributed by atoms with van der Waals surface area (Å²) in [4.78, 5) is 23.8. The topological polar surface area (TPSA) is 112 Å². The van der Waals surface area contributed by atoms with Gasteiger partial charge in [-0.3, -0.25) is 4.79 Å². The molecule has 0 radical (unpaired) electrons. The number of hydrogen-bond donors (Lipinski definition) is 2. The summed E-state index contributed by atoms with van der Waals surface area (Å²) in [7, 11) is 0. The smallest absolute Gasteiger partial charge is 0.323 e. The Morgan fingerprint density at radius 2 is 2.14 bits per heavy atom. The number of ether oxygens (including phenoxy) is 2. The van der Waals surface area contributed by atoms with Crippen LogP contribution in [0, 0.1) is 11.3 Å². The van der Waals surface area contributed by atoms with Crippen LogP contribution in [0.15, 0.2) is 18.2 Å². The largest absolute Gasteiger partial charge is 0.480 e. The maximum absolute atomic E-state index is 12.0. The normalized spacial score (nSPS) is 11.6. The monoisotopic (exact) mass is 291 g/mol. The van der Waals surface area contributed by atoms with Gasteiger partial charge in [-0.2, -0.15) is 5.26 Å². The van der Waals surface area contributed by atoms with Gasteiger partial charge in [-0.05, 0) is 12.1 Å². The zero-order valence-electron chi connectivity index (χ0n) is 11.0. The molecule has 1 heterocycles. The van der Waals surface area contributed by atoms with E-state index in [-0.39, 0.29) is 19.8 Å². The lowest BCUT2D eigenvalue weighted by molar-refractivity contribution is -0.137. The van der Waals surface area contributed by atoms with Crippen LogP contribution in [0.2, 0.25) is 0 Å². The van der Waals surface area contributed by atoms with Crippen molar-refractivity contribution in [3.05, 3.63) is 18.2 Å². The highest BCUT2D eigenvalue weighted by Gasteiger charge is 2.18. The lowest BCUT2D eigenvalue weighted by atomic mass is 10.3. The van der Waals surface area contributed by atoms with Gasteiger partial charge in [0.15, 0.2) is 11.5 Å². The Kier molecular flexibility index (Phi) is 4.46. The standard InChI is InChI=1S/C13H13N3O5/c14-4-1-5-16(7-12(17)18)13(19)15-9-2-3-10-11(6-9)21-8-20-10/h2-3,6H,1,5,7-8H2,(H,15,19)(H,17,18). The molecule has 1 aliphatic rings. The number of benzene rings is 1. The van der Waals surface area contributed by atoms with Gasteiger partial charge in [0.2, 0.25) is 6.79 Å². The second kappa shape index (κ2) is 6.47. The summed E-state index contributed by atoms with van der Waals surface area (Å²) in [6.07, 6.45) is 0.0574. The van der Waals surface area contributed by atoms with Crippen LogP contribution < -0.4 is 14.8 Å². The molecular formula is C13H13N3O5. The third-order valence-corrected chi connectivity index (χ3v) is 2.73. The molecule has 21 heavy (non-hydrogen) atoms. The number of urea groups is 1. The summed E-state index contributed by atoms with van der Waals surface area (Å²) in [5, 5.41) is 19.9. The quantitative estimate of drug-likeness (QED) is 0.844. The van der Waals surface area contributed by atoms with Gasteiger partial charge in [-0.1, -0.05) is 0 Å². The van der Waals surface area contributed by atoms with E-state index in [1.807, 2.05) is 6.07 Å². The van der Waals surface area contributed by atoms with Gasteiger partial charge in [0.25, 0.3) is 0 Å². The summed E-state index contributed by atoms with van der Waals surface area (Å²) in [6.45, 7) is -0.308. The first kappa shape index (κ1) is 14.5. The van der Waals surface area contributed by atoms with Crippen LogP contribution >= 0.6 is 0 Å². The van der Waals surface area contributed by atoms with E-state index in [0.29, 0.717) is 17.2 Å².